The number of nitrogens with one attached hydrogen (secondary N) is 1. The quantitative estimate of drug-likeness (QED) is 0.918. The molecule has 100 valence electrons. The summed E-state index contributed by atoms with van der Waals surface area (Å²) in [6.45, 7) is 0.977. The number of piperidine rings is 1. The van der Waals surface area contributed by atoms with E-state index in [1.807, 2.05) is 0 Å². The summed E-state index contributed by atoms with van der Waals surface area (Å²) >= 11 is 3.15. The van der Waals surface area contributed by atoms with E-state index in [2.05, 4.69) is 31.4 Å². The van der Waals surface area contributed by atoms with E-state index in [0.29, 0.717) is 16.2 Å². The third kappa shape index (κ3) is 2.69. The fraction of sp³-hybridized carbons (Fsp3) is 0.385. The maximum absolute atomic E-state index is 13.2. The SMILES string of the molecule is Fc1ccc(-c2noc([C@@H]3CCCCN3)n2)cc1Br. The zero-order valence-electron chi connectivity index (χ0n) is 10.2. The van der Waals surface area contributed by atoms with Gasteiger partial charge in [-0.15, -0.1) is 0 Å². The number of nitrogens with zero attached hydrogens (tertiary/aromatic N) is 2. The molecule has 1 N–H and O–H groups in total. The number of rotatable bonds is 2. The van der Waals surface area contributed by atoms with E-state index in [1.165, 1.54) is 12.5 Å². The van der Waals surface area contributed by atoms with Gasteiger partial charge in [0.1, 0.15) is 5.82 Å². The maximum Gasteiger partial charge on any atom is 0.244 e. The van der Waals surface area contributed by atoms with Crippen LogP contribution in [-0.2, 0) is 0 Å². The Morgan fingerprint density at radius 2 is 2.26 bits per heavy atom. The van der Waals surface area contributed by atoms with Crippen molar-refractivity contribution in [3.05, 3.63) is 34.4 Å². The largest absolute Gasteiger partial charge is 0.337 e. The Hall–Kier alpha value is -1.27. The van der Waals surface area contributed by atoms with E-state index in [9.17, 15) is 4.39 Å². The lowest BCUT2D eigenvalue weighted by Gasteiger charge is -2.19. The van der Waals surface area contributed by atoms with Crippen molar-refractivity contribution in [1.82, 2.24) is 15.5 Å². The fourth-order valence-corrected chi connectivity index (χ4v) is 2.57. The van der Waals surface area contributed by atoms with Crippen molar-refractivity contribution in [1.29, 1.82) is 0 Å². The van der Waals surface area contributed by atoms with Crippen LogP contribution in [0.5, 0.6) is 0 Å². The molecule has 0 amide bonds. The third-order valence-electron chi connectivity index (χ3n) is 3.23. The van der Waals surface area contributed by atoms with Gasteiger partial charge in [0.2, 0.25) is 11.7 Å². The third-order valence-corrected chi connectivity index (χ3v) is 3.84. The minimum Gasteiger partial charge on any atom is -0.337 e. The fourth-order valence-electron chi connectivity index (χ4n) is 2.19. The number of halogens is 2. The molecule has 3 rings (SSSR count). The molecule has 4 nitrogen and oxygen atoms in total. The first-order valence-electron chi connectivity index (χ1n) is 6.26. The van der Waals surface area contributed by atoms with Crippen molar-refractivity contribution in [2.75, 3.05) is 6.54 Å². The average molecular weight is 326 g/mol. The zero-order valence-corrected chi connectivity index (χ0v) is 11.8. The molecule has 0 aliphatic carbocycles. The lowest BCUT2D eigenvalue weighted by atomic mass is 10.1. The van der Waals surface area contributed by atoms with E-state index in [1.54, 1.807) is 12.1 Å². The standard InChI is InChI=1S/C13H13BrFN3O/c14-9-7-8(4-5-10(9)15)12-17-13(19-18-12)11-3-1-2-6-16-11/h4-5,7,11,16H,1-3,6H2/t11-/m0/s1. The highest BCUT2D eigenvalue weighted by Gasteiger charge is 2.21. The average Bonchev–Trinajstić information content (AvgIpc) is 2.93. The van der Waals surface area contributed by atoms with Crippen LogP contribution in [0.4, 0.5) is 4.39 Å². The summed E-state index contributed by atoms with van der Waals surface area (Å²) in [5.41, 5.74) is 0.735. The van der Waals surface area contributed by atoms with Gasteiger partial charge in [-0.3, -0.25) is 0 Å². The van der Waals surface area contributed by atoms with Gasteiger partial charge in [0.05, 0.1) is 10.5 Å². The highest BCUT2D eigenvalue weighted by atomic mass is 79.9. The predicted octanol–water partition coefficient (Wildman–Crippen LogP) is 3.45. The molecule has 2 heterocycles. The molecule has 1 saturated heterocycles. The van der Waals surface area contributed by atoms with Crippen molar-refractivity contribution < 1.29 is 8.91 Å². The van der Waals surface area contributed by atoms with Crippen LogP contribution < -0.4 is 5.32 Å². The van der Waals surface area contributed by atoms with Crippen molar-refractivity contribution in [2.24, 2.45) is 0 Å². The highest BCUT2D eigenvalue weighted by Crippen LogP contribution is 2.26. The number of aromatic nitrogens is 2. The Labute approximate surface area is 118 Å². The molecule has 0 radical (unpaired) electrons. The van der Waals surface area contributed by atoms with Gasteiger partial charge in [0, 0.05) is 5.56 Å². The van der Waals surface area contributed by atoms with Crippen LogP contribution in [0.25, 0.3) is 11.4 Å². The Morgan fingerprint density at radius 3 is 3.00 bits per heavy atom. The minimum atomic E-state index is -0.304. The second-order valence-corrected chi connectivity index (χ2v) is 5.44. The number of hydrogen-bond acceptors (Lipinski definition) is 4. The molecule has 0 spiro atoms. The predicted molar refractivity (Wildman–Crippen MR) is 72.0 cm³/mol. The minimum absolute atomic E-state index is 0.138. The van der Waals surface area contributed by atoms with Crippen molar-refractivity contribution in [3.63, 3.8) is 0 Å². The van der Waals surface area contributed by atoms with Gasteiger partial charge < -0.3 is 9.84 Å². The lowest BCUT2D eigenvalue weighted by Crippen LogP contribution is -2.26. The molecule has 1 aliphatic rings. The number of hydrogen-bond donors (Lipinski definition) is 1. The molecule has 19 heavy (non-hydrogen) atoms. The van der Waals surface area contributed by atoms with Crippen LogP contribution in [0, 0.1) is 5.82 Å². The van der Waals surface area contributed by atoms with E-state index >= 15 is 0 Å². The Bertz CT molecular complexity index is 581. The molecule has 1 aliphatic heterocycles. The van der Waals surface area contributed by atoms with Crippen LogP contribution >= 0.6 is 15.9 Å². The summed E-state index contributed by atoms with van der Waals surface area (Å²) in [5, 5.41) is 7.32. The van der Waals surface area contributed by atoms with Crippen LogP contribution in [0.15, 0.2) is 27.2 Å². The molecule has 2 aromatic rings. The van der Waals surface area contributed by atoms with E-state index in [0.717, 1.165) is 24.9 Å². The monoisotopic (exact) mass is 325 g/mol. The van der Waals surface area contributed by atoms with Crippen LogP contribution in [-0.4, -0.2) is 16.7 Å². The Kier molecular flexibility index (Phi) is 3.61. The van der Waals surface area contributed by atoms with Gasteiger partial charge in [-0.2, -0.15) is 4.98 Å². The van der Waals surface area contributed by atoms with Crippen LogP contribution in [0.3, 0.4) is 0 Å². The second kappa shape index (κ2) is 5.38. The smallest absolute Gasteiger partial charge is 0.244 e. The van der Waals surface area contributed by atoms with Gasteiger partial charge >= 0.3 is 0 Å². The van der Waals surface area contributed by atoms with Crippen molar-refractivity contribution >= 4 is 15.9 Å². The van der Waals surface area contributed by atoms with Crippen LogP contribution in [0.1, 0.15) is 31.2 Å². The lowest BCUT2D eigenvalue weighted by molar-refractivity contribution is 0.297. The first kappa shape index (κ1) is 12.7. The summed E-state index contributed by atoms with van der Waals surface area (Å²) in [7, 11) is 0. The highest BCUT2D eigenvalue weighted by molar-refractivity contribution is 9.10. The summed E-state index contributed by atoms with van der Waals surface area (Å²) in [6, 6.07) is 4.81. The normalized spacial score (nSPS) is 19.6. The van der Waals surface area contributed by atoms with E-state index in [-0.39, 0.29) is 11.9 Å². The molecular formula is C13H13BrFN3O. The summed E-state index contributed by atoms with van der Waals surface area (Å²) in [4.78, 5) is 4.39. The van der Waals surface area contributed by atoms with Gasteiger partial charge in [0.25, 0.3) is 0 Å². The van der Waals surface area contributed by atoms with Gasteiger partial charge in [-0.05, 0) is 53.5 Å². The first-order chi connectivity index (χ1) is 9.24. The zero-order chi connectivity index (χ0) is 13.2. The maximum atomic E-state index is 13.2. The summed E-state index contributed by atoms with van der Waals surface area (Å²) in [5.74, 6) is 0.791. The first-order valence-corrected chi connectivity index (χ1v) is 7.06. The molecule has 6 heteroatoms. The van der Waals surface area contributed by atoms with E-state index in [4.69, 9.17) is 4.52 Å². The van der Waals surface area contributed by atoms with E-state index < -0.39 is 0 Å². The van der Waals surface area contributed by atoms with Crippen molar-refractivity contribution in [2.45, 2.75) is 25.3 Å². The number of benzene rings is 1. The molecule has 1 aromatic heterocycles. The Balaban J connectivity index is 1.85. The molecule has 1 atom stereocenters. The molecule has 0 saturated carbocycles. The summed E-state index contributed by atoms with van der Waals surface area (Å²) in [6.07, 6.45) is 3.36. The molecule has 0 unspecified atom stereocenters. The van der Waals surface area contributed by atoms with Crippen molar-refractivity contribution in [3.8, 4) is 11.4 Å². The van der Waals surface area contributed by atoms with Gasteiger partial charge in [0.15, 0.2) is 0 Å². The van der Waals surface area contributed by atoms with Crippen LogP contribution in [0.2, 0.25) is 0 Å². The summed E-state index contributed by atoms with van der Waals surface area (Å²) < 4.78 is 18.9. The van der Waals surface area contributed by atoms with Gasteiger partial charge in [-0.1, -0.05) is 11.6 Å². The topological polar surface area (TPSA) is 51.0 Å². The van der Waals surface area contributed by atoms with Gasteiger partial charge in [-0.25, -0.2) is 4.39 Å². The second-order valence-electron chi connectivity index (χ2n) is 4.59. The molecule has 1 aromatic carbocycles. The molecule has 1 fully saturated rings. The molecule has 0 bridgehead atoms. The molecular weight excluding hydrogens is 313 g/mol. The Morgan fingerprint density at radius 1 is 1.37 bits per heavy atom.